The molecule has 0 aliphatic heterocycles. The van der Waals surface area contributed by atoms with Gasteiger partial charge in [-0.05, 0) is 32.1 Å². The van der Waals surface area contributed by atoms with E-state index < -0.39 is 12.1 Å². The van der Waals surface area contributed by atoms with Crippen molar-refractivity contribution >= 4 is 29.9 Å². The molecule has 10 heteroatoms. The Balaban J connectivity index is 0.00000288. The summed E-state index contributed by atoms with van der Waals surface area (Å²) in [7, 11) is 1.60. The van der Waals surface area contributed by atoms with E-state index in [-0.39, 0.29) is 42.7 Å². The summed E-state index contributed by atoms with van der Waals surface area (Å²) < 4.78 is 43.4. The molecule has 1 aliphatic carbocycles. The Kier molecular flexibility index (Phi) is 8.23. The fourth-order valence-corrected chi connectivity index (χ4v) is 2.81. The first kappa shape index (κ1) is 21.0. The van der Waals surface area contributed by atoms with Gasteiger partial charge in [0.25, 0.3) is 0 Å². The molecular weight excluding hydrogens is 438 g/mol. The molecule has 0 bridgehead atoms. The van der Waals surface area contributed by atoms with Crippen molar-refractivity contribution in [2.24, 2.45) is 16.8 Å². The minimum Gasteiger partial charge on any atom is -0.356 e. The fraction of sp³-hybridized carbons (Fsp3) is 0.786. The van der Waals surface area contributed by atoms with Gasteiger partial charge in [0.1, 0.15) is 0 Å². The van der Waals surface area contributed by atoms with E-state index in [2.05, 4.69) is 25.8 Å². The Hall–Kier alpha value is -1.07. The Morgan fingerprint density at radius 3 is 2.67 bits per heavy atom. The number of aryl methyl sites for hydroxylation is 1. The molecule has 0 spiro atoms. The quantitative estimate of drug-likeness (QED) is 0.410. The Bertz CT molecular complexity index is 535. The third-order valence-electron chi connectivity index (χ3n) is 4.00. The van der Waals surface area contributed by atoms with Crippen LogP contribution >= 0.6 is 24.0 Å². The van der Waals surface area contributed by atoms with Gasteiger partial charge in [0.2, 0.25) is 5.89 Å². The van der Waals surface area contributed by atoms with Gasteiger partial charge in [-0.2, -0.15) is 18.2 Å². The molecule has 2 rings (SSSR count). The molecule has 1 aliphatic rings. The van der Waals surface area contributed by atoms with Crippen LogP contribution in [-0.4, -0.2) is 35.9 Å². The first-order valence-electron chi connectivity index (χ1n) is 7.69. The molecule has 1 aromatic heterocycles. The number of guanidine groups is 1. The van der Waals surface area contributed by atoms with Gasteiger partial charge in [-0.1, -0.05) is 11.6 Å². The summed E-state index contributed by atoms with van der Waals surface area (Å²) in [5.74, 6) is 0.305. The summed E-state index contributed by atoms with van der Waals surface area (Å²) in [4.78, 5) is 8.10. The second-order valence-corrected chi connectivity index (χ2v) is 5.81. The fourth-order valence-electron chi connectivity index (χ4n) is 2.81. The average Bonchev–Trinajstić information content (AvgIpc) is 2.92. The molecular formula is C14H23F3IN5O. The topological polar surface area (TPSA) is 75.3 Å². The zero-order valence-corrected chi connectivity index (χ0v) is 16.0. The molecule has 2 atom stereocenters. The minimum atomic E-state index is -4.09. The number of hydrogen-bond donors (Lipinski definition) is 2. The van der Waals surface area contributed by atoms with E-state index >= 15 is 0 Å². The summed E-state index contributed by atoms with van der Waals surface area (Å²) >= 11 is 0. The van der Waals surface area contributed by atoms with Crippen molar-refractivity contribution in [1.29, 1.82) is 0 Å². The monoisotopic (exact) mass is 461 g/mol. The predicted molar refractivity (Wildman–Crippen MR) is 94.2 cm³/mol. The normalized spacial score (nSPS) is 22.0. The van der Waals surface area contributed by atoms with Gasteiger partial charge >= 0.3 is 6.18 Å². The van der Waals surface area contributed by atoms with Crippen molar-refractivity contribution in [2.75, 3.05) is 13.6 Å². The number of nitrogens with one attached hydrogen (secondary N) is 2. The summed E-state index contributed by atoms with van der Waals surface area (Å²) in [6.07, 6.45) is -2.25. The summed E-state index contributed by atoms with van der Waals surface area (Å²) in [6.45, 7) is 2.51. The maximum atomic E-state index is 12.8. The number of alkyl halides is 3. The maximum Gasteiger partial charge on any atom is 0.391 e. The van der Waals surface area contributed by atoms with Crippen LogP contribution < -0.4 is 10.6 Å². The number of halogens is 4. The van der Waals surface area contributed by atoms with Gasteiger partial charge in [-0.3, -0.25) is 4.99 Å². The lowest BCUT2D eigenvalue weighted by Crippen LogP contribution is -2.41. The summed E-state index contributed by atoms with van der Waals surface area (Å²) in [5.41, 5.74) is 0. The highest BCUT2D eigenvalue weighted by molar-refractivity contribution is 14.0. The van der Waals surface area contributed by atoms with Crippen LogP contribution in [0.4, 0.5) is 13.2 Å². The van der Waals surface area contributed by atoms with Crippen LogP contribution in [0, 0.1) is 18.8 Å². The highest BCUT2D eigenvalue weighted by Gasteiger charge is 2.41. The van der Waals surface area contributed by atoms with E-state index in [4.69, 9.17) is 4.52 Å². The number of rotatable bonds is 4. The average molecular weight is 461 g/mol. The third kappa shape index (κ3) is 6.44. The highest BCUT2D eigenvalue weighted by atomic mass is 127. The number of hydrogen-bond acceptors (Lipinski definition) is 4. The van der Waals surface area contributed by atoms with E-state index in [0.29, 0.717) is 37.2 Å². The Morgan fingerprint density at radius 1 is 1.33 bits per heavy atom. The lowest BCUT2D eigenvalue weighted by Gasteiger charge is -2.30. The van der Waals surface area contributed by atoms with Crippen LogP contribution in [0.15, 0.2) is 9.52 Å². The van der Waals surface area contributed by atoms with E-state index in [1.807, 2.05) is 0 Å². The van der Waals surface area contributed by atoms with Crippen molar-refractivity contribution in [1.82, 2.24) is 20.8 Å². The molecule has 0 radical (unpaired) electrons. The molecule has 2 N–H and O–H groups in total. The van der Waals surface area contributed by atoms with Gasteiger partial charge in [-0.25, -0.2) is 0 Å². The second kappa shape index (κ2) is 9.42. The van der Waals surface area contributed by atoms with Crippen LogP contribution in [0.5, 0.6) is 0 Å². The van der Waals surface area contributed by atoms with Crippen LogP contribution in [0.1, 0.15) is 37.4 Å². The van der Waals surface area contributed by atoms with Crippen molar-refractivity contribution < 1.29 is 17.7 Å². The molecule has 0 saturated heterocycles. The molecule has 24 heavy (non-hydrogen) atoms. The lowest BCUT2D eigenvalue weighted by molar-refractivity contribution is -0.185. The molecule has 6 nitrogen and oxygen atoms in total. The second-order valence-electron chi connectivity index (χ2n) is 5.81. The third-order valence-corrected chi connectivity index (χ3v) is 4.00. The van der Waals surface area contributed by atoms with E-state index in [9.17, 15) is 13.2 Å². The van der Waals surface area contributed by atoms with E-state index in [1.54, 1.807) is 14.0 Å². The maximum absolute atomic E-state index is 12.8. The van der Waals surface area contributed by atoms with Crippen molar-refractivity contribution in [3.63, 3.8) is 0 Å². The van der Waals surface area contributed by atoms with Crippen LogP contribution in [0.3, 0.4) is 0 Å². The van der Waals surface area contributed by atoms with Gasteiger partial charge < -0.3 is 15.2 Å². The molecule has 138 valence electrons. The van der Waals surface area contributed by atoms with Crippen molar-refractivity contribution in [2.45, 2.75) is 45.3 Å². The number of nitrogens with zero attached hydrogens (tertiary/aromatic N) is 3. The van der Waals surface area contributed by atoms with Crippen LogP contribution in [0.25, 0.3) is 0 Å². The molecule has 0 aromatic carbocycles. The van der Waals surface area contributed by atoms with Crippen molar-refractivity contribution in [3.8, 4) is 0 Å². The van der Waals surface area contributed by atoms with Gasteiger partial charge in [0.15, 0.2) is 11.8 Å². The van der Waals surface area contributed by atoms with Crippen LogP contribution in [0.2, 0.25) is 0 Å². The first-order chi connectivity index (χ1) is 10.9. The summed E-state index contributed by atoms with van der Waals surface area (Å²) in [5, 5.41) is 9.75. The Labute approximate surface area is 156 Å². The molecule has 1 saturated carbocycles. The SMILES string of the molecule is CN=C(NCc1nc(C)no1)NCC1CCCC(C(F)(F)F)C1.I. The van der Waals surface area contributed by atoms with Crippen LogP contribution in [-0.2, 0) is 6.54 Å². The Morgan fingerprint density at radius 2 is 2.08 bits per heavy atom. The standard InChI is InChI=1S/C14H22F3N5O.HI/c1-9-21-12(23-22-9)8-20-13(18-2)19-7-10-4-3-5-11(6-10)14(15,16)17;/h10-11H,3-8H2,1-2H3,(H2,18,19,20);1H. The molecule has 1 fully saturated rings. The van der Waals surface area contributed by atoms with Crippen molar-refractivity contribution in [3.05, 3.63) is 11.7 Å². The number of aliphatic imine (C=N–C) groups is 1. The van der Waals surface area contributed by atoms with E-state index in [0.717, 1.165) is 6.42 Å². The molecule has 1 aromatic rings. The highest BCUT2D eigenvalue weighted by Crippen LogP contribution is 2.39. The lowest BCUT2D eigenvalue weighted by atomic mass is 9.81. The minimum absolute atomic E-state index is 0. The largest absolute Gasteiger partial charge is 0.391 e. The van der Waals surface area contributed by atoms with E-state index in [1.165, 1.54) is 0 Å². The summed E-state index contributed by atoms with van der Waals surface area (Å²) in [6, 6.07) is 0. The van der Waals surface area contributed by atoms with Gasteiger partial charge in [-0.15, -0.1) is 24.0 Å². The predicted octanol–water partition coefficient (Wildman–Crippen LogP) is 3.03. The molecule has 2 unspecified atom stereocenters. The molecule has 1 heterocycles. The zero-order chi connectivity index (χ0) is 16.9. The molecule has 0 amide bonds. The first-order valence-corrected chi connectivity index (χ1v) is 7.69. The smallest absolute Gasteiger partial charge is 0.356 e. The zero-order valence-electron chi connectivity index (χ0n) is 13.7. The van der Waals surface area contributed by atoms with Gasteiger partial charge in [0, 0.05) is 13.6 Å². The van der Waals surface area contributed by atoms with Gasteiger partial charge in [0.05, 0.1) is 12.5 Å². The number of aromatic nitrogens is 2.